The molecule has 3 N–H and O–H groups in total. The van der Waals surface area contributed by atoms with Crippen molar-refractivity contribution in [2.45, 2.75) is 38.1 Å². The molecule has 0 spiro atoms. The third-order valence-corrected chi connectivity index (χ3v) is 2.62. The zero-order valence-corrected chi connectivity index (χ0v) is 8.10. The first-order valence-corrected chi connectivity index (χ1v) is 4.90. The fourth-order valence-electron chi connectivity index (χ4n) is 1.87. The van der Waals surface area contributed by atoms with Crippen LogP contribution in [0.15, 0.2) is 0 Å². The lowest BCUT2D eigenvalue weighted by Gasteiger charge is -2.27. The zero-order chi connectivity index (χ0) is 9.73. The summed E-state index contributed by atoms with van der Waals surface area (Å²) in [5.74, 6) is 0. The quantitative estimate of drug-likeness (QED) is 0.617. The molecule has 0 aliphatic carbocycles. The molecule has 0 radical (unpaired) electrons. The van der Waals surface area contributed by atoms with Crippen molar-refractivity contribution < 1.29 is 9.90 Å². The molecule has 1 atom stereocenters. The van der Waals surface area contributed by atoms with E-state index in [2.05, 4.69) is 17.6 Å². The lowest BCUT2D eigenvalue weighted by atomic mass is 9.92. The summed E-state index contributed by atoms with van der Waals surface area (Å²) in [6.45, 7) is 3.82. The van der Waals surface area contributed by atoms with Gasteiger partial charge in [0.25, 0.3) is 0 Å². The van der Waals surface area contributed by atoms with Gasteiger partial charge in [-0.05, 0) is 19.4 Å². The van der Waals surface area contributed by atoms with E-state index in [0.29, 0.717) is 0 Å². The summed E-state index contributed by atoms with van der Waals surface area (Å²) in [5, 5.41) is 14.5. The van der Waals surface area contributed by atoms with Crippen molar-refractivity contribution in [3.8, 4) is 0 Å². The van der Waals surface area contributed by atoms with Crippen molar-refractivity contribution in [1.29, 1.82) is 0 Å². The Bertz CT molecular complexity index is 176. The molecule has 0 aromatic rings. The predicted octanol–water partition coefficient (Wildman–Crippen LogP) is 1.18. The second-order valence-electron chi connectivity index (χ2n) is 3.74. The van der Waals surface area contributed by atoms with Crippen molar-refractivity contribution in [2.75, 3.05) is 13.1 Å². The van der Waals surface area contributed by atoms with E-state index in [1.54, 1.807) is 0 Å². The number of carbonyl (C=O) groups is 1. The Hall–Kier alpha value is -0.770. The van der Waals surface area contributed by atoms with Crippen LogP contribution in [0.3, 0.4) is 0 Å². The number of amides is 1. The van der Waals surface area contributed by atoms with E-state index in [0.717, 1.165) is 38.8 Å². The van der Waals surface area contributed by atoms with Gasteiger partial charge in [0, 0.05) is 6.54 Å². The second-order valence-corrected chi connectivity index (χ2v) is 3.74. The highest BCUT2D eigenvalue weighted by Crippen LogP contribution is 2.21. The first kappa shape index (κ1) is 10.3. The number of hydrogen-bond acceptors (Lipinski definition) is 2. The van der Waals surface area contributed by atoms with Crippen LogP contribution in [0.5, 0.6) is 0 Å². The maximum atomic E-state index is 10.6. The maximum absolute atomic E-state index is 10.6. The molecule has 1 saturated heterocycles. The zero-order valence-electron chi connectivity index (χ0n) is 8.10. The van der Waals surface area contributed by atoms with Gasteiger partial charge in [0.05, 0.1) is 5.54 Å². The van der Waals surface area contributed by atoms with Gasteiger partial charge < -0.3 is 15.7 Å². The summed E-state index contributed by atoms with van der Waals surface area (Å²) < 4.78 is 0. The van der Waals surface area contributed by atoms with E-state index in [9.17, 15) is 4.79 Å². The van der Waals surface area contributed by atoms with Gasteiger partial charge in [0.1, 0.15) is 0 Å². The minimum Gasteiger partial charge on any atom is -0.465 e. The van der Waals surface area contributed by atoms with Gasteiger partial charge >= 0.3 is 6.09 Å². The average molecular weight is 186 g/mol. The molecule has 1 heterocycles. The first-order chi connectivity index (χ1) is 6.18. The van der Waals surface area contributed by atoms with Crippen molar-refractivity contribution in [3.63, 3.8) is 0 Å². The maximum Gasteiger partial charge on any atom is 0.405 e. The van der Waals surface area contributed by atoms with Crippen LogP contribution in [-0.2, 0) is 0 Å². The SMILES string of the molecule is CCCC[C@@]1(NC(=O)O)CCNC1. The Labute approximate surface area is 78.7 Å². The molecule has 0 aromatic heterocycles. The Morgan fingerprint density at radius 1 is 1.69 bits per heavy atom. The molecule has 1 fully saturated rings. The van der Waals surface area contributed by atoms with Gasteiger partial charge in [-0.1, -0.05) is 19.8 Å². The third kappa shape index (κ3) is 2.88. The van der Waals surface area contributed by atoms with Gasteiger partial charge in [-0.15, -0.1) is 0 Å². The molecule has 1 aliphatic rings. The summed E-state index contributed by atoms with van der Waals surface area (Å²) in [7, 11) is 0. The molecule has 0 aromatic carbocycles. The van der Waals surface area contributed by atoms with Crippen LogP contribution in [0, 0.1) is 0 Å². The Morgan fingerprint density at radius 3 is 2.92 bits per heavy atom. The van der Waals surface area contributed by atoms with Crippen LogP contribution in [0.25, 0.3) is 0 Å². The fourth-order valence-corrected chi connectivity index (χ4v) is 1.87. The average Bonchev–Trinajstić information content (AvgIpc) is 2.49. The van der Waals surface area contributed by atoms with E-state index >= 15 is 0 Å². The minimum atomic E-state index is -0.903. The van der Waals surface area contributed by atoms with E-state index < -0.39 is 6.09 Å². The predicted molar refractivity (Wildman–Crippen MR) is 50.9 cm³/mol. The molecule has 0 bridgehead atoms. The summed E-state index contributed by atoms with van der Waals surface area (Å²) in [4.78, 5) is 10.6. The summed E-state index contributed by atoms with van der Waals surface area (Å²) in [6, 6.07) is 0. The number of nitrogens with one attached hydrogen (secondary N) is 2. The van der Waals surface area contributed by atoms with E-state index in [1.165, 1.54) is 0 Å². The molecule has 1 rings (SSSR count). The molecular weight excluding hydrogens is 168 g/mol. The number of rotatable bonds is 4. The molecule has 0 saturated carbocycles. The molecule has 76 valence electrons. The number of hydrogen-bond donors (Lipinski definition) is 3. The van der Waals surface area contributed by atoms with Crippen LogP contribution < -0.4 is 10.6 Å². The van der Waals surface area contributed by atoms with Crippen LogP contribution in [0.4, 0.5) is 4.79 Å². The van der Waals surface area contributed by atoms with Gasteiger partial charge in [-0.2, -0.15) is 0 Å². The van der Waals surface area contributed by atoms with Gasteiger partial charge in [0.15, 0.2) is 0 Å². The first-order valence-electron chi connectivity index (χ1n) is 4.90. The highest BCUT2D eigenvalue weighted by Gasteiger charge is 2.34. The van der Waals surface area contributed by atoms with E-state index in [4.69, 9.17) is 5.11 Å². The van der Waals surface area contributed by atoms with Crippen molar-refractivity contribution in [3.05, 3.63) is 0 Å². The summed E-state index contributed by atoms with van der Waals surface area (Å²) >= 11 is 0. The standard InChI is InChI=1S/C9H18N2O2/c1-2-3-4-9(11-8(12)13)5-6-10-7-9/h10-11H,2-7H2,1H3,(H,12,13)/t9-/m1/s1. The second kappa shape index (κ2) is 4.46. The Balaban J connectivity index is 2.47. The van der Waals surface area contributed by atoms with Crippen molar-refractivity contribution >= 4 is 6.09 Å². The van der Waals surface area contributed by atoms with Gasteiger partial charge in [-0.3, -0.25) is 0 Å². The largest absolute Gasteiger partial charge is 0.465 e. The third-order valence-electron chi connectivity index (χ3n) is 2.62. The fraction of sp³-hybridized carbons (Fsp3) is 0.889. The molecule has 1 amide bonds. The summed E-state index contributed by atoms with van der Waals surface area (Å²) in [6.07, 6.45) is 3.16. The topological polar surface area (TPSA) is 61.4 Å². The number of unbranched alkanes of at least 4 members (excludes halogenated alkanes) is 1. The van der Waals surface area contributed by atoms with Gasteiger partial charge in [0.2, 0.25) is 0 Å². The van der Waals surface area contributed by atoms with Crippen LogP contribution in [0.1, 0.15) is 32.6 Å². The smallest absolute Gasteiger partial charge is 0.405 e. The molecule has 1 aliphatic heterocycles. The monoisotopic (exact) mass is 186 g/mol. The Kier molecular flexibility index (Phi) is 3.54. The summed E-state index contributed by atoms with van der Waals surface area (Å²) in [5.41, 5.74) is -0.193. The lowest BCUT2D eigenvalue weighted by Crippen LogP contribution is -2.49. The molecule has 4 heteroatoms. The van der Waals surface area contributed by atoms with Crippen LogP contribution in [-0.4, -0.2) is 29.8 Å². The van der Waals surface area contributed by atoms with Crippen molar-refractivity contribution in [1.82, 2.24) is 10.6 Å². The van der Waals surface area contributed by atoms with Crippen molar-refractivity contribution in [2.24, 2.45) is 0 Å². The van der Waals surface area contributed by atoms with E-state index in [1.807, 2.05) is 0 Å². The molecular formula is C9H18N2O2. The molecule has 0 unspecified atom stereocenters. The number of carboxylic acid groups (broad SMARTS) is 1. The normalized spacial score (nSPS) is 27.5. The lowest BCUT2D eigenvalue weighted by molar-refractivity contribution is 0.177. The van der Waals surface area contributed by atoms with E-state index in [-0.39, 0.29) is 5.54 Å². The highest BCUT2D eigenvalue weighted by molar-refractivity contribution is 5.65. The minimum absolute atomic E-state index is 0.193. The van der Waals surface area contributed by atoms with Gasteiger partial charge in [-0.25, -0.2) is 4.79 Å². The highest BCUT2D eigenvalue weighted by atomic mass is 16.4. The Morgan fingerprint density at radius 2 is 2.46 bits per heavy atom. The van der Waals surface area contributed by atoms with Crippen LogP contribution >= 0.6 is 0 Å². The molecule has 4 nitrogen and oxygen atoms in total. The molecule has 13 heavy (non-hydrogen) atoms. The van der Waals surface area contributed by atoms with Crippen LogP contribution in [0.2, 0.25) is 0 Å².